The summed E-state index contributed by atoms with van der Waals surface area (Å²) in [6.07, 6.45) is 1.56. The minimum absolute atomic E-state index is 0.204. The van der Waals surface area contributed by atoms with Gasteiger partial charge < -0.3 is 10.5 Å². The van der Waals surface area contributed by atoms with E-state index in [9.17, 15) is 8.42 Å². The molecule has 1 aromatic carbocycles. The van der Waals surface area contributed by atoms with Crippen LogP contribution in [0.5, 0.6) is 0 Å². The predicted molar refractivity (Wildman–Crippen MR) is 74.9 cm³/mol. The predicted octanol–water partition coefficient (Wildman–Crippen LogP) is 1.74. The molecule has 0 aliphatic rings. The zero-order valence-corrected chi connectivity index (χ0v) is 12.6. The molecule has 0 saturated carbocycles. The number of halogens is 1. The summed E-state index contributed by atoms with van der Waals surface area (Å²) in [7, 11) is -1.84. The van der Waals surface area contributed by atoms with Crippen molar-refractivity contribution in [3.63, 3.8) is 0 Å². The quantitative estimate of drug-likeness (QED) is 0.587. The van der Waals surface area contributed by atoms with Gasteiger partial charge in [-0.3, -0.25) is 0 Å². The van der Waals surface area contributed by atoms with Crippen LogP contribution in [0, 0.1) is 0 Å². The highest BCUT2D eigenvalue weighted by Crippen LogP contribution is 2.22. The normalized spacial score (nSPS) is 11.7. The van der Waals surface area contributed by atoms with Crippen molar-refractivity contribution in [1.29, 1.82) is 0 Å². The number of hydrogen-bond acceptors (Lipinski definition) is 4. The third-order valence-corrected chi connectivity index (χ3v) is 4.49. The van der Waals surface area contributed by atoms with E-state index < -0.39 is 10.0 Å². The van der Waals surface area contributed by atoms with Crippen molar-refractivity contribution in [2.75, 3.05) is 26.0 Å². The number of benzene rings is 1. The molecule has 0 aromatic heterocycles. The number of sulfonamides is 1. The molecule has 102 valence electrons. The monoisotopic (exact) mass is 336 g/mol. The molecule has 0 amide bonds. The standard InChI is InChI=1S/C11H17BrN2O3S/c1-17-7-3-2-6-14-18(15,16)9-4-5-11(13)10(12)8-9/h4-5,8,14H,2-3,6-7,13H2,1H3. The van der Waals surface area contributed by atoms with Crippen LogP contribution in [0.2, 0.25) is 0 Å². The van der Waals surface area contributed by atoms with Crippen molar-refractivity contribution in [3.05, 3.63) is 22.7 Å². The molecule has 0 fully saturated rings. The van der Waals surface area contributed by atoms with Gasteiger partial charge in [0.15, 0.2) is 0 Å². The first-order valence-corrected chi connectivity index (χ1v) is 7.78. The second kappa shape index (κ2) is 7.08. The highest BCUT2D eigenvalue weighted by molar-refractivity contribution is 9.10. The van der Waals surface area contributed by atoms with Crippen LogP contribution < -0.4 is 10.5 Å². The van der Waals surface area contributed by atoms with Crippen molar-refractivity contribution in [2.24, 2.45) is 0 Å². The second-order valence-electron chi connectivity index (χ2n) is 3.78. The molecule has 0 radical (unpaired) electrons. The number of unbranched alkanes of at least 4 members (excludes halogenated alkanes) is 1. The van der Waals surface area contributed by atoms with Gasteiger partial charge in [0.05, 0.1) is 4.90 Å². The topological polar surface area (TPSA) is 81.4 Å². The van der Waals surface area contributed by atoms with Gasteiger partial charge in [-0.25, -0.2) is 13.1 Å². The van der Waals surface area contributed by atoms with Crippen molar-refractivity contribution < 1.29 is 13.2 Å². The zero-order valence-electron chi connectivity index (χ0n) is 10.1. The lowest BCUT2D eigenvalue weighted by molar-refractivity contribution is 0.193. The summed E-state index contributed by atoms with van der Waals surface area (Å²) in [6.45, 7) is 1.03. The molecule has 0 aliphatic heterocycles. The molecule has 18 heavy (non-hydrogen) atoms. The van der Waals surface area contributed by atoms with Crippen LogP contribution in [-0.4, -0.2) is 28.7 Å². The van der Waals surface area contributed by atoms with Gasteiger partial charge in [0.25, 0.3) is 0 Å². The van der Waals surface area contributed by atoms with Crippen molar-refractivity contribution in [2.45, 2.75) is 17.7 Å². The Morgan fingerprint density at radius 3 is 2.72 bits per heavy atom. The Hall–Kier alpha value is -0.630. The fraction of sp³-hybridized carbons (Fsp3) is 0.455. The lowest BCUT2D eigenvalue weighted by Gasteiger charge is -2.08. The summed E-state index contributed by atoms with van der Waals surface area (Å²) < 4.78 is 31.8. The van der Waals surface area contributed by atoms with Crippen molar-refractivity contribution >= 4 is 31.6 Å². The van der Waals surface area contributed by atoms with Crippen molar-refractivity contribution in [3.8, 4) is 0 Å². The summed E-state index contributed by atoms with van der Waals surface area (Å²) in [5, 5.41) is 0. The van der Waals surface area contributed by atoms with Crippen LogP contribution >= 0.6 is 15.9 Å². The molecule has 0 heterocycles. The van der Waals surface area contributed by atoms with E-state index in [0.29, 0.717) is 23.3 Å². The first-order chi connectivity index (χ1) is 8.47. The van der Waals surface area contributed by atoms with Gasteiger partial charge in [-0.05, 0) is 47.0 Å². The Kier molecular flexibility index (Phi) is 6.07. The third kappa shape index (κ3) is 4.56. The first kappa shape index (κ1) is 15.4. The lowest BCUT2D eigenvalue weighted by Crippen LogP contribution is -2.25. The van der Waals surface area contributed by atoms with E-state index in [1.807, 2.05) is 0 Å². The molecule has 3 N–H and O–H groups in total. The maximum absolute atomic E-state index is 11.9. The fourth-order valence-electron chi connectivity index (χ4n) is 1.34. The van der Waals surface area contributed by atoms with Crippen molar-refractivity contribution in [1.82, 2.24) is 4.72 Å². The number of nitrogen functional groups attached to an aromatic ring is 1. The zero-order chi connectivity index (χ0) is 13.6. The maximum atomic E-state index is 11.9. The average Bonchev–Trinajstić information content (AvgIpc) is 2.32. The maximum Gasteiger partial charge on any atom is 0.240 e. The van der Waals surface area contributed by atoms with Gasteiger partial charge >= 0.3 is 0 Å². The fourth-order valence-corrected chi connectivity index (χ4v) is 2.97. The average molecular weight is 337 g/mol. The Balaban J connectivity index is 2.60. The van der Waals surface area contributed by atoms with Gasteiger partial charge in [0.1, 0.15) is 0 Å². The van der Waals surface area contributed by atoms with Crippen LogP contribution in [0.25, 0.3) is 0 Å². The van der Waals surface area contributed by atoms with Crippen LogP contribution in [0.3, 0.4) is 0 Å². The van der Waals surface area contributed by atoms with Crippen LogP contribution in [0.4, 0.5) is 5.69 Å². The van der Waals surface area contributed by atoms with Gasteiger partial charge in [0, 0.05) is 30.4 Å². The molecule has 0 unspecified atom stereocenters. The Labute approximate surface area is 116 Å². The highest BCUT2D eigenvalue weighted by Gasteiger charge is 2.14. The molecular formula is C11H17BrN2O3S. The first-order valence-electron chi connectivity index (χ1n) is 5.51. The van der Waals surface area contributed by atoms with Crippen LogP contribution in [-0.2, 0) is 14.8 Å². The minimum Gasteiger partial charge on any atom is -0.398 e. The van der Waals surface area contributed by atoms with E-state index in [0.717, 1.165) is 12.8 Å². The van der Waals surface area contributed by atoms with E-state index >= 15 is 0 Å². The number of anilines is 1. The van der Waals surface area contributed by atoms with E-state index in [-0.39, 0.29) is 4.90 Å². The molecule has 1 rings (SSSR count). The summed E-state index contributed by atoms with van der Waals surface area (Å²) in [5.74, 6) is 0. The van der Waals surface area contributed by atoms with E-state index in [2.05, 4.69) is 20.7 Å². The Bertz CT molecular complexity index is 491. The molecule has 7 heteroatoms. The van der Waals surface area contributed by atoms with Crippen LogP contribution in [0.1, 0.15) is 12.8 Å². The smallest absolute Gasteiger partial charge is 0.240 e. The molecule has 0 atom stereocenters. The number of ether oxygens (including phenoxy) is 1. The molecule has 1 aromatic rings. The lowest BCUT2D eigenvalue weighted by atomic mass is 10.3. The SMILES string of the molecule is COCCCCNS(=O)(=O)c1ccc(N)c(Br)c1. The van der Waals surface area contributed by atoms with E-state index in [4.69, 9.17) is 10.5 Å². The Morgan fingerprint density at radius 2 is 2.11 bits per heavy atom. The minimum atomic E-state index is -3.46. The number of nitrogens with two attached hydrogens (primary N) is 1. The molecule has 0 spiro atoms. The number of methoxy groups -OCH3 is 1. The molecule has 0 aliphatic carbocycles. The number of nitrogens with one attached hydrogen (secondary N) is 1. The number of hydrogen-bond donors (Lipinski definition) is 2. The van der Waals surface area contributed by atoms with Gasteiger partial charge in [0.2, 0.25) is 10.0 Å². The van der Waals surface area contributed by atoms with E-state index in [1.54, 1.807) is 13.2 Å². The summed E-state index contributed by atoms with van der Waals surface area (Å²) in [6, 6.07) is 4.54. The molecule has 0 saturated heterocycles. The van der Waals surface area contributed by atoms with Gasteiger partial charge in [-0.15, -0.1) is 0 Å². The summed E-state index contributed by atoms with van der Waals surface area (Å²) in [4.78, 5) is 0.204. The Morgan fingerprint density at radius 1 is 1.39 bits per heavy atom. The largest absolute Gasteiger partial charge is 0.398 e. The number of rotatable bonds is 7. The second-order valence-corrected chi connectivity index (χ2v) is 6.40. The molecule has 0 bridgehead atoms. The summed E-state index contributed by atoms with van der Waals surface area (Å²) >= 11 is 3.21. The van der Waals surface area contributed by atoms with Gasteiger partial charge in [-0.1, -0.05) is 0 Å². The van der Waals surface area contributed by atoms with Crippen LogP contribution in [0.15, 0.2) is 27.6 Å². The molecule has 5 nitrogen and oxygen atoms in total. The third-order valence-electron chi connectivity index (χ3n) is 2.35. The highest BCUT2D eigenvalue weighted by atomic mass is 79.9. The van der Waals surface area contributed by atoms with E-state index in [1.165, 1.54) is 12.1 Å². The van der Waals surface area contributed by atoms with Gasteiger partial charge in [-0.2, -0.15) is 0 Å². The summed E-state index contributed by atoms with van der Waals surface area (Å²) in [5.41, 5.74) is 6.12. The molecular weight excluding hydrogens is 320 g/mol.